The molecule has 0 bridgehead atoms. The van der Waals surface area contributed by atoms with Crippen LogP contribution in [0.1, 0.15) is 34.7 Å². The second kappa shape index (κ2) is 11.4. The Kier molecular flexibility index (Phi) is 8.34. The monoisotopic (exact) mass is 580 g/mol. The maximum absolute atomic E-state index is 13.5. The largest absolute Gasteiger partial charge is 0.456 e. The van der Waals surface area contributed by atoms with Crippen molar-refractivity contribution in [1.82, 2.24) is 4.31 Å². The Balaban J connectivity index is 1.49. The van der Waals surface area contributed by atoms with Crippen molar-refractivity contribution < 1.29 is 35.9 Å². The van der Waals surface area contributed by atoms with Crippen LogP contribution in [-0.4, -0.2) is 37.8 Å². The van der Waals surface area contributed by atoms with Gasteiger partial charge < -0.3 is 10.1 Å². The maximum Gasteiger partial charge on any atom is 0.418 e. The van der Waals surface area contributed by atoms with E-state index in [1.807, 2.05) is 19.1 Å². The Hall–Kier alpha value is -3.41. The summed E-state index contributed by atoms with van der Waals surface area (Å²) >= 11 is 5.65. The van der Waals surface area contributed by atoms with E-state index < -0.39 is 58.4 Å². The van der Waals surface area contributed by atoms with E-state index >= 15 is 0 Å². The Morgan fingerprint density at radius 3 is 2.46 bits per heavy atom. The first-order chi connectivity index (χ1) is 18.4. The number of anilines is 1. The Morgan fingerprint density at radius 1 is 1.08 bits per heavy atom. The number of halogens is 4. The van der Waals surface area contributed by atoms with Crippen LogP contribution in [0.5, 0.6) is 0 Å². The normalized spacial score (nSPS) is 15.9. The average Bonchev–Trinajstić information content (AvgIpc) is 2.88. The van der Waals surface area contributed by atoms with Gasteiger partial charge in [0.15, 0.2) is 6.61 Å². The second-order valence-corrected chi connectivity index (χ2v) is 11.3. The number of ether oxygens (including phenoxy) is 1. The average molecular weight is 581 g/mol. The zero-order valence-corrected chi connectivity index (χ0v) is 22.2. The minimum Gasteiger partial charge on any atom is -0.456 e. The Morgan fingerprint density at radius 2 is 1.77 bits per heavy atom. The first-order valence-electron chi connectivity index (χ1n) is 11.8. The number of nitrogens with one attached hydrogen (secondary N) is 1. The first kappa shape index (κ1) is 28.6. The van der Waals surface area contributed by atoms with E-state index in [1.54, 1.807) is 24.3 Å². The minimum atomic E-state index is -4.77. The molecule has 206 valence electrons. The van der Waals surface area contributed by atoms with E-state index in [4.69, 9.17) is 16.3 Å². The smallest absolute Gasteiger partial charge is 0.418 e. The quantitative estimate of drug-likeness (QED) is 0.371. The minimum absolute atomic E-state index is 0.0775. The number of fused-ring (bicyclic) bond motifs is 1. The van der Waals surface area contributed by atoms with Crippen molar-refractivity contribution >= 4 is 39.2 Å². The van der Waals surface area contributed by atoms with E-state index in [0.717, 1.165) is 17.2 Å². The maximum atomic E-state index is 13.5. The summed E-state index contributed by atoms with van der Waals surface area (Å²) < 4.78 is 73.2. The summed E-state index contributed by atoms with van der Waals surface area (Å²) in [5, 5.41) is 1.91. The number of benzene rings is 3. The molecule has 1 atom stereocenters. The molecule has 0 saturated heterocycles. The van der Waals surface area contributed by atoms with Gasteiger partial charge in [-0.15, -0.1) is 0 Å². The number of esters is 1. The van der Waals surface area contributed by atoms with Crippen molar-refractivity contribution in [3.63, 3.8) is 0 Å². The molecule has 3 aromatic carbocycles. The van der Waals surface area contributed by atoms with Gasteiger partial charge in [0.1, 0.15) is 0 Å². The van der Waals surface area contributed by atoms with E-state index in [9.17, 15) is 31.2 Å². The summed E-state index contributed by atoms with van der Waals surface area (Å²) in [6, 6.07) is 15.4. The van der Waals surface area contributed by atoms with Gasteiger partial charge in [-0.2, -0.15) is 17.5 Å². The van der Waals surface area contributed by atoms with Crippen LogP contribution in [0.2, 0.25) is 5.02 Å². The molecule has 1 aliphatic heterocycles. The van der Waals surface area contributed by atoms with Gasteiger partial charge in [0.25, 0.3) is 5.91 Å². The lowest BCUT2D eigenvalue weighted by Gasteiger charge is -2.36. The van der Waals surface area contributed by atoms with Gasteiger partial charge in [-0.05, 0) is 54.8 Å². The molecule has 0 spiro atoms. The van der Waals surface area contributed by atoms with Crippen molar-refractivity contribution in [2.24, 2.45) is 0 Å². The number of amides is 1. The molecule has 0 saturated carbocycles. The molecule has 0 radical (unpaired) electrons. The van der Waals surface area contributed by atoms with Crippen molar-refractivity contribution in [2.75, 3.05) is 18.5 Å². The molecule has 1 aliphatic rings. The first-order valence-corrected chi connectivity index (χ1v) is 13.7. The summed E-state index contributed by atoms with van der Waals surface area (Å²) in [6.45, 7) is 1.10. The topological polar surface area (TPSA) is 92.8 Å². The van der Waals surface area contributed by atoms with Gasteiger partial charge in [0.2, 0.25) is 10.0 Å². The van der Waals surface area contributed by atoms with Crippen molar-refractivity contribution in [3.8, 4) is 0 Å². The van der Waals surface area contributed by atoms with E-state index in [2.05, 4.69) is 5.32 Å². The van der Waals surface area contributed by atoms with Gasteiger partial charge in [0, 0.05) is 11.6 Å². The molecule has 4 rings (SSSR count). The highest BCUT2D eigenvalue weighted by atomic mass is 35.5. The van der Waals surface area contributed by atoms with Crippen LogP contribution in [0.4, 0.5) is 18.9 Å². The summed E-state index contributed by atoms with van der Waals surface area (Å²) in [7, 11) is -3.98. The van der Waals surface area contributed by atoms with Gasteiger partial charge in [-0.1, -0.05) is 53.6 Å². The van der Waals surface area contributed by atoms with Crippen molar-refractivity contribution in [3.05, 3.63) is 94.0 Å². The van der Waals surface area contributed by atoms with Crippen molar-refractivity contribution in [2.45, 2.75) is 36.9 Å². The molecule has 0 unspecified atom stereocenters. The number of nitrogens with zero attached hydrogens (tertiary/aromatic N) is 1. The third-order valence-corrected chi connectivity index (χ3v) is 8.43. The number of rotatable bonds is 7. The number of hydrogen-bond acceptors (Lipinski definition) is 5. The van der Waals surface area contributed by atoms with Crippen LogP contribution in [0.15, 0.2) is 71.6 Å². The van der Waals surface area contributed by atoms with Crippen LogP contribution in [0.3, 0.4) is 0 Å². The zero-order chi connectivity index (χ0) is 28.4. The van der Waals surface area contributed by atoms with Crippen LogP contribution < -0.4 is 5.32 Å². The predicted octanol–water partition coefficient (Wildman–Crippen LogP) is 5.53. The summed E-state index contributed by atoms with van der Waals surface area (Å²) in [6.07, 6.45) is -4.73. The fourth-order valence-corrected chi connectivity index (χ4v) is 6.16. The highest BCUT2D eigenvalue weighted by Crippen LogP contribution is 2.38. The third kappa shape index (κ3) is 6.60. The van der Waals surface area contributed by atoms with Crippen LogP contribution in [0, 0.1) is 6.92 Å². The number of aryl methyl sites for hydroxylation is 1. The molecule has 12 heteroatoms. The Labute approximate surface area is 228 Å². The lowest BCUT2D eigenvalue weighted by atomic mass is 9.92. The number of carbonyl (C=O) groups is 2. The van der Waals surface area contributed by atoms with Gasteiger partial charge >= 0.3 is 12.1 Å². The van der Waals surface area contributed by atoms with E-state index in [-0.39, 0.29) is 16.5 Å². The van der Waals surface area contributed by atoms with Gasteiger partial charge in [-0.3, -0.25) is 9.59 Å². The SMILES string of the molecule is Cc1ccc(S(=O)(=O)N2CCc3ccccc3[C@H]2CC(=O)OCC(=O)Nc2ccc(Cl)cc2C(F)(F)F)cc1. The summed E-state index contributed by atoms with van der Waals surface area (Å²) in [5.74, 6) is -1.88. The van der Waals surface area contributed by atoms with Crippen LogP contribution in [-0.2, 0) is 36.9 Å². The third-order valence-electron chi connectivity index (χ3n) is 6.28. The van der Waals surface area contributed by atoms with Gasteiger partial charge in [0.05, 0.1) is 28.6 Å². The zero-order valence-electron chi connectivity index (χ0n) is 20.7. The number of alkyl halides is 3. The molecule has 7 nitrogen and oxygen atoms in total. The molecule has 0 fully saturated rings. The lowest BCUT2D eigenvalue weighted by Crippen LogP contribution is -2.41. The molecule has 3 aromatic rings. The molecule has 0 aromatic heterocycles. The standard InChI is InChI=1S/C27H24ClF3N2O5S/c1-17-6-9-20(10-7-17)39(36,37)33-13-12-18-4-2-3-5-21(18)24(33)15-26(35)38-16-25(34)32-23-11-8-19(28)14-22(23)27(29,30)31/h2-11,14,24H,12-13,15-16H2,1H3,(H,32,34)/t24-/m1/s1. The fourth-order valence-electron chi connectivity index (χ4n) is 4.38. The van der Waals surface area contributed by atoms with E-state index in [1.165, 1.54) is 22.5 Å². The molecule has 39 heavy (non-hydrogen) atoms. The van der Waals surface area contributed by atoms with Crippen LogP contribution in [0.25, 0.3) is 0 Å². The number of carbonyl (C=O) groups excluding carboxylic acids is 2. The molecular weight excluding hydrogens is 557 g/mol. The Bertz CT molecular complexity index is 1490. The van der Waals surface area contributed by atoms with Crippen molar-refractivity contribution in [1.29, 1.82) is 0 Å². The molecular formula is C27H24ClF3N2O5S. The van der Waals surface area contributed by atoms with Gasteiger partial charge in [-0.25, -0.2) is 8.42 Å². The predicted molar refractivity (Wildman–Crippen MR) is 139 cm³/mol. The fraction of sp³-hybridized carbons (Fsp3) is 0.259. The highest BCUT2D eigenvalue weighted by Gasteiger charge is 2.38. The molecule has 1 N–H and O–H groups in total. The number of sulfonamides is 1. The van der Waals surface area contributed by atoms with E-state index in [0.29, 0.717) is 18.1 Å². The second-order valence-electron chi connectivity index (χ2n) is 8.99. The number of hydrogen-bond donors (Lipinski definition) is 1. The molecule has 1 heterocycles. The summed E-state index contributed by atoms with van der Waals surface area (Å²) in [4.78, 5) is 25.2. The highest BCUT2D eigenvalue weighted by molar-refractivity contribution is 7.89. The molecule has 1 amide bonds. The lowest BCUT2D eigenvalue weighted by molar-refractivity contribution is -0.148. The summed E-state index contributed by atoms with van der Waals surface area (Å²) in [5.41, 5.74) is 0.718. The van der Waals surface area contributed by atoms with Crippen LogP contribution >= 0.6 is 11.6 Å². The molecule has 0 aliphatic carbocycles.